The zero-order chi connectivity index (χ0) is 13.0. The van der Waals surface area contributed by atoms with Crippen LogP contribution in [-0.4, -0.2) is 23.0 Å². The lowest BCUT2D eigenvalue weighted by atomic mass is 10.3. The Morgan fingerprint density at radius 1 is 1.33 bits per heavy atom. The minimum atomic E-state index is -0.303. The van der Waals surface area contributed by atoms with Crippen LogP contribution in [0, 0.1) is 0 Å². The Hall–Kier alpha value is -2.63. The van der Waals surface area contributed by atoms with Gasteiger partial charge in [0.2, 0.25) is 0 Å². The lowest BCUT2D eigenvalue weighted by Gasteiger charge is -2.18. The number of anilines is 3. The molecule has 1 aromatic heterocycles. The number of nitrogens with zero attached hydrogens (tertiary/aromatic N) is 3. The van der Waals surface area contributed by atoms with Crippen molar-refractivity contribution in [3.8, 4) is 0 Å². The van der Waals surface area contributed by atoms with Crippen LogP contribution in [-0.2, 0) is 0 Å². The molecule has 3 N–H and O–H groups in total. The number of rotatable bonds is 2. The molecule has 0 radical (unpaired) electrons. The summed E-state index contributed by atoms with van der Waals surface area (Å²) >= 11 is 0. The van der Waals surface area contributed by atoms with Crippen LogP contribution in [0.5, 0.6) is 0 Å². The third-order valence-corrected chi connectivity index (χ3v) is 2.41. The molecule has 0 unspecified atom stereocenters. The molecule has 0 aliphatic heterocycles. The average molecular weight is 243 g/mol. The zero-order valence-electron chi connectivity index (χ0n) is 9.87. The second-order valence-electron chi connectivity index (χ2n) is 3.65. The highest BCUT2D eigenvalue weighted by molar-refractivity contribution is 6.02. The number of urea groups is 1. The summed E-state index contributed by atoms with van der Waals surface area (Å²) in [5, 5.41) is 2.74. The fraction of sp³-hybridized carbons (Fsp3) is 0.0833. The van der Waals surface area contributed by atoms with E-state index in [-0.39, 0.29) is 11.8 Å². The molecule has 1 heterocycles. The molecule has 0 saturated heterocycles. The van der Waals surface area contributed by atoms with Crippen molar-refractivity contribution in [2.24, 2.45) is 0 Å². The maximum Gasteiger partial charge on any atom is 0.326 e. The monoisotopic (exact) mass is 243 g/mol. The summed E-state index contributed by atoms with van der Waals surface area (Å²) in [7, 11) is 1.60. The molecule has 18 heavy (non-hydrogen) atoms. The maximum atomic E-state index is 12.0. The Morgan fingerprint density at radius 3 is 2.72 bits per heavy atom. The molecule has 0 saturated carbocycles. The van der Waals surface area contributed by atoms with Crippen LogP contribution in [0.4, 0.5) is 22.0 Å². The number of hydrogen-bond acceptors (Lipinski definition) is 4. The molecule has 0 aliphatic rings. The van der Waals surface area contributed by atoms with E-state index < -0.39 is 0 Å². The first-order valence-electron chi connectivity index (χ1n) is 5.33. The quantitative estimate of drug-likeness (QED) is 0.841. The van der Waals surface area contributed by atoms with E-state index in [2.05, 4.69) is 15.3 Å². The third-order valence-electron chi connectivity index (χ3n) is 2.41. The van der Waals surface area contributed by atoms with E-state index in [0.717, 1.165) is 0 Å². The summed E-state index contributed by atoms with van der Waals surface area (Å²) in [6.07, 6.45) is 2.83. The van der Waals surface area contributed by atoms with Gasteiger partial charge >= 0.3 is 6.03 Å². The summed E-state index contributed by atoms with van der Waals surface area (Å²) in [4.78, 5) is 21.0. The molecule has 2 aromatic rings. The zero-order valence-corrected chi connectivity index (χ0v) is 9.87. The van der Waals surface area contributed by atoms with E-state index in [9.17, 15) is 4.79 Å². The summed E-state index contributed by atoms with van der Waals surface area (Å²) in [6.45, 7) is 0. The van der Waals surface area contributed by atoms with Crippen molar-refractivity contribution in [3.05, 3.63) is 42.9 Å². The average Bonchev–Trinajstić information content (AvgIpc) is 2.39. The van der Waals surface area contributed by atoms with Crippen LogP contribution in [0.3, 0.4) is 0 Å². The highest BCUT2D eigenvalue weighted by Gasteiger charge is 2.14. The molecule has 2 rings (SSSR count). The molecule has 0 aliphatic carbocycles. The van der Waals surface area contributed by atoms with Gasteiger partial charge in [-0.2, -0.15) is 0 Å². The minimum Gasteiger partial charge on any atom is -0.382 e. The summed E-state index contributed by atoms with van der Waals surface area (Å²) < 4.78 is 0. The number of carbonyl (C=O) groups excluding carboxylic acids is 1. The molecule has 0 atom stereocenters. The topological polar surface area (TPSA) is 84.1 Å². The second-order valence-corrected chi connectivity index (χ2v) is 3.65. The van der Waals surface area contributed by atoms with Crippen LogP contribution in [0.2, 0.25) is 0 Å². The number of nitrogens with two attached hydrogens (primary N) is 1. The van der Waals surface area contributed by atoms with Crippen molar-refractivity contribution in [1.29, 1.82) is 0 Å². The molecule has 2 amide bonds. The number of nitrogen functional groups attached to an aromatic ring is 1. The van der Waals surface area contributed by atoms with Crippen LogP contribution in [0.25, 0.3) is 0 Å². The van der Waals surface area contributed by atoms with E-state index >= 15 is 0 Å². The predicted octanol–water partition coefficient (Wildman–Crippen LogP) is 1.73. The number of amides is 2. The lowest BCUT2D eigenvalue weighted by molar-refractivity contribution is 0.258. The van der Waals surface area contributed by atoms with Gasteiger partial charge in [-0.25, -0.2) is 14.8 Å². The van der Waals surface area contributed by atoms with Gasteiger partial charge in [0, 0.05) is 12.7 Å². The molecule has 92 valence electrons. The van der Waals surface area contributed by atoms with E-state index in [1.807, 2.05) is 18.2 Å². The molecular weight excluding hydrogens is 230 g/mol. The lowest BCUT2D eigenvalue weighted by Crippen LogP contribution is -2.32. The molecule has 6 nitrogen and oxygen atoms in total. The Labute approximate surface area is 104 Å². The highest BCUT2D eigenvalue weighted by Crippen LogP contribution is 2.18. The van der Waals surface area contributed by atoms with Crippen molar-refractivity contribution in [2.75, 3.05) is 23.0 Å². The number of hydrogen-bond donors (Lipinski definition) is 2. The van der Waals surface area contributed by atoms with Crippen molar-refractivity contribution in [1.82, 2.24) is 9.97 Å². The normalized spacial score (nSPS) is 9.83. The smallest absolute Gasteiger partial charge is 0.326 e. The Morgan fingerprint density at radius 2 is 2.06 bits per heavy atom. The first kappa shape index (κ1) is 11.8. The predicted molar refractivity (Wildman–Crippen MR) is 70.3 cm³/mol. The number of aromatic nitrogens is 2. The van der Waals surface area contributed by atoms with Crippen LogP contribution in [0.1, 0.15) is 0 Å². The van der Waals surface area contributed by atoms with E-state index in [0.29, 0.717) is 11.4 Å². The standard InChI is InChI=1S/C12H13N5O/c1-17(10-7-14-8-15-11(10)13)12(18)16-9-5-3-2-4-6-9/h2-8H,1H3,(H,16,18)(H2,13,14,15). The fourth-order valence-corrected chi connectivity index (χ4v) is 1.43. The maximum absolute atomic E-state index is 12.0. The van der Waals surface area contributed by atoms with Gasteiger partial charge in [-0.15, -0.1) is 0 Å². The number of carbonyl (C=O) groups is 1. The Kier molecular flexibility index (Phi) is 3.38. The Bertz CT molecular complexity index is 543. The fourth-order valence-electron chi connectivity index (χ4n) is 1.43. The van der Waals surface area contributed by atoms with Crippen molar-refractivity contribution >= 4 is 23.2 Å². The van der Waals surface area contributed by atoms with E-state index in [4.69, 9.17) is 5.73 Å². The minimum absolute atomic E-state index is 0.260. The third kappa shape index (κ3) is 2.54. The van der Waals surface area contributed by atoms with E-state index in [1.165, 1.54) is 17.4 Å². The molecule has 0 bridgehead atoms. The van der Waals surface area contributed by atoms with Crippen LogP contribution >= 0.6 is 0 Å². The number of para-hydroxylation sites is 1. The van der Waals surface area contributed by atoms with Gasteiger partial charge in [-0.1, -0.05) is 18.2 Å². The van der Waals surface area contributed by atoms with Gasteiger partial charge in [0.25, 0.3) is 0 Å². The summed E-state index contributed by atoms with van der Waals surface area (Å²) in [5.74, 6) is 0.260. The van der Waals surface area contributed by atoms with E-state index in [1.54, 1.807) is 19.2 Å². The number of nitrogens with one attached hydrogen (secondary N) is 1. The van der Waals surface area contributed by atoms with Gasteiger partial charge < -0.3 is 11.1 Å². The summed E-state index contributed by atoms with van der Waals surface area (Å²) in [6, 6.07) is 8.86. The molecule has 0 spiro atoms. The van der Waals surface area contributed by atoms with Crippen LogP contribution < -0.4 is 16.0 Å². The van der Waals surface area contributed by atoms with Crippen molar-refractivity contribution in [2.45, 2.75) is 0 Å². The van der Waals surface area contributed by atoms with Crippen molar-refractivity contribution in [3.63, 3.8) is 0 Å². The molecule has 6 heteroatoms. The first-order valence-corrected chi connectivity index (χ1v) is 5.33. The van der Waals surface area contributed by atoms with Gasteiger partial charge in [-0.3, -0.25) is 4.90 Å². The Balaban J connectivity index is 2.13. The van der Waals surface area contributed by atoms with Gasteiger partial charge in [0.05, 0.1) is 6.20 Å². The SMILES string of the molecule is CN(C(=O)Nc1ccccc1)c1cncnc1N. The van der Waals surface area contributed by atoms with Gasteiger partial charge in [0.1, 0.15) is 12.0 Å². The molecular formula is C12H13N5O. The van der Waals surface area contributed by atoms with Gasteiger partial charge in [0.15, 0.2) is 5.82 Å². The second kappa shape index (κ2) is 5.13. The first-order chi connectivity index (χ1) is 8.68. The molecule has 1 aromatic carbocycles. The van der Waals surface area contributed by atoms with Crippen molar-refractivity contribution < 1.29 is 4.79 Å². The largest absolute Gasteiger partial charge is 0.382 e. The van der Waals surface area contributed by atoms with Gasteiger partial charge in [-0.05, 0) is 12.1 Å². The summed E-state index contributed by atoms with van der Waals surface area (Å²) in [5.41, 5.74) is 6.86. The molecule has 0 fully saturated rings. The van der Waals surface area contributed by atoms with Crippen LogP contribution in [0.15, 0.2) is 42.9 Å². The number of benzene rings is 1. The highest BCUT2D eigenvalue weighted by atomic mass is 16.2.